The van der Waals surface area contributed by atoms with Gasteiger partial charge in [0.25, 0.3) is 0 Å². The first kappa shape index (κ1) is 12.5. The van der Waals surface area contributed by atoms with Gasteiger partial charge in [0.05, 0.1) is 6.04 Å². The summed E-state index contributed by atoms with van der Waals surface area (Å²) in [6.45, 7) is 8.10. The van der Waals surface area contributed by atoms with Crippen LogP contribution in [0.3, 0.4) is 0 Å². The number of hydrogen-bond donors (Lipinski definition) is 1. The third-order valence-electron chi connectivity index (χ3n) is 3.42. The summed E-state index contributed by atoms with van der Waals surface area (Å²) in [7, 11) is 0. The van der Waals surface area contributed by atoms with E-state index in [1.165, 1.54) is 6.42 Å². The van der Waals surface area contributed by atoms with Crippen LogP contribution in [-0.4, -0.2) is 29.9 Å². The van der Waals surface area contributed by atoms with Crippen LogP contribution in [0.2, 0.25) is 0 Å². The summed E-state index contributed by atoms with van der Waals surface area (Å²) < 4.78 is 0. The van der Waals surface area contributed by atoms with E-state index >= 15 is 0 Å². The van der Waals surface area contributed by atoms with Crippen molar-refractivity contribution >= 4 is 5.91 Å². The lowest BCUT2D eigenvalue weighted by Crippen LogP contribution is -2.42. The van der Waals surface area contributed by atoms with Gasteiger partial charge in [0, 0.05) is 13.1 Å². The fourth-order valence-electron chi connectivity index (χ4n) is 2.30. The predicted molar refractivity (Wildman–Crippen MR) is 62.4 cm³/mol. The van der Waals surface area contributed by atoms with Crippen LogP contribution in [0.1, 0.15) is 40.0 Å². The van der Waals surface area contributed by atoms with Crippen molar-refractivity contribution in [3.05, 3.63) is 0 Å². The Kier molecular flexibility index (Phi) is 4.58. The van der Waals surface area contributed by atoms with E-state index in [0.29, 0.717) is 0 Å². The summed E-state index contributed by atoms with van der Waals surface area (Å²) >= 11 is 0. The molecule has 1 amide bonds. The summed E-state index contributed by atoms with van der Waals surface area (Å²) in [4.78, 5) is 13.7. The number of likely N-dealkylation sites (tertiary alicyclic amines) is 1. The first-order valence-corrected chi connectivity index (χ1v) is 6.06. The molecule has 0 aromatic rings. The maximum atomic E-state index is 11.7. The van der Waals surface area contributed by atoms with Crippen LogP contribution in [0.15, 0.2) is 0 Å². The molecular formula is C12H24N2O. The van der Waals surface area contributed by atoms with Crippen molar-refractivity contribution in [2.45, 2.75) is 46.1 Å². The second-order valence-electron chi connectivity index (χ2n) is 5.05. The normalized spacial score (nSPS) is 25.1. The Morgan fingerprint density at radius 2 is 1.93 bits per heavy atom. The standard InChI is InChI=1S/C12H24N2O/c1-9(2)11-5-4-7-14(8-6-11)12(15)10(3)13/h9-11H,4-8,13H2,1-3H3. The molecule has 15 heavy (non-hydrogen) atoms. The summed E-state index contributed by atoms with van der Waals surface area (Å²) in [5.74, 6) is 1.62. The molecule has 0 saturated carbocycles. The Hall–Kier alpha value is -0.570. The van der Waals surface area contributed by atoms with Crippen molar-refractivity contribution < 1.29 is 4.79 Å². The number of rotatable bonds is 2. The molecule has 0 aliphatic carbocycles. The molecule has 3 heteroatoms. The van der Waals surface area contributed by atoms with Crippen molar-refractivity contribution in [1.82, 2.24) is 4.90 Å². The van der Waals surface area contributed by atoms with E-state index < -0.39 is 0 Å². The number of hydrogen-bond acceptors (Lipinski definition) is 2. The SMILES string of the molecule is CC(N)C(=O)N1CCCC(C(C)C)CC1. The molecule has 88 valence electrons. The number of carbonyl (C=O) groups is 1. The third kappa shape index (κ3) is 3.49. The highest BCUT2D eigenvalue weighted by molar-refractivity contribution is 5.81. The van der Waals surface area contributed by atoms with Gasteiger partial charge < -0.3 is 10.6 Å². The van der Waals surface area contributed by atoms with Crippen molar-refractivity contribution in [2.24, 2.45) is 17.6 Å². The number of nitrogens with two attached hydrogens (primary N) is 1. The van der Waals surface area contributed by atoms with Crippen LogP contribution < -0.4 is 5.73 Å². The van der Waals surface area contributed by atoms with E-state index in [0.717, 1.165) is 37.8 Å². The average Bonchev–Trinajstić information content (AvgIpc) is 2.41. The summed E-state index contributed by atoms with van der Waals surface area (Å²) in [6.07, 6.45) is 3.51. The first-order chi connectivity index (χ1) is 7.02. The van der Waals surface area contributed by atoms with Crippen molar-refractivity contribution in [3.63, 3.8) is 0 Å². The molecule has 2 unspecified atom stereocenters. The van der Waals surface area contributed by atoms with Gasteiger partial charge in [-0.2, -0.15) is 0 Å². The van der Waals surface area contributed by atoms with Crippen LogP contribution in [0.4, 0.5) is 0 Å². The number of carbonyl (C=O) groups excluding carboxylic acids is 1. The molecule has 1 fully saturated rings. The van der Waals surface area contributed by atoms with Gasteiger partial charge >= 0.3 is 0 Å². The lowest BCUT2D eigenvalue weighted by Gasteiger charge is -2.23. The minimum Gasteiger partial charge on any atom is -0.341 e. The first-order valence-electron chi connectivity index (χ1n) is 6.06. The number of nitrogens with zero attached hydrogens (tertiary/aromatic N) is 1. The highest BCUT2D eigenvalue weighted by Gasteiger charge is 2.23. The summed E-state index contributed by atoms with van der Waals surface area (Å²) in [5, 5.41) is 0. The second-order valence-corrected chi connectivity index (χ2v) is 5.05. The lowest BCUT2D eigenvalue weighted by atomic mass is 9.89. The molecule has 0 aromatic heterocycles. The summed E-state index contributed by atoms with van der Waals surface area (Å²) in [5.41, 5.74) is 5.62. The Bertz CT molecular complexity index is 214. The number of amides is 1. The Balaban J connectivity index is 2.49. The lowest BCUT2D eigenvalue weighted by molar-refractivity contribution is -0.132. The Labute approximate surface area is 93.0 Å². The third-order valence-corrected chi connectivity index (χ3v) is 3.42. The van der Waals surface area contributed by atoms with E-state index in [4.69, 9.17) is 5.73 Å². The van der Waals surface area contributed by atoms with Gasteiger partial charge in [-0.05, 0) is 38.0 Å². The molecule has 0 spiro atoms. The highest BCUT2D eigenvalue weighted by Crippen LogP contribution is 2.24. The van der Waals surface area contributed by atoms with Gasteiger partial charge in [0.2, 0.25) is 5.91 Å². The van der Waals surface area contributed by atoms with E-state index in [-0.39, 0.29) is 11.9 Å². The molecule has 0 bridgehead atoms. The predicted octanol–water partition coefficient (Wildman–Crippen LogP) is 1.62. The maximum absolute atomic E-state index is 11.7. The molecule has 1 heterocycles. The molecule has 2 N–H and O–H groups in total. The summed E-state index contributed by atoms with van der Waals surface area (Å²) in [6, 6.07) is -0.347. The fraction of sp³-hybridized carbons (Fsp3) is 0.917. The molecule has 2 atom stereocenters. The molecule has 1 aliphatic heterocycles. The van der Waals surface area contributed by atoms with Gasteiger partial charge in [-0.3, -0.25) is 4.79 Å². The zero-order valence-corrected chi connectivity index (χ0v) is 10.2. The zero-order chi connectivity index (χ0) is 11.4. The van der Waals surface area contributed by atoms with Gasteiger partial charge in [-0.1, -0.05) is 13.8 Å². The van der Waals surface area contributed by atoms with E-state index in [2.05, 4.69) is 13.8 Å². The zero-order valence-electron chi connectivity index (χ0n) is 10.2. The van der Waals surface area contributed by atoms with E-state index in [9.17, 15) is 4.79 Å². The van der Waals surface area contributed by atoms with Crippen molar-refractivity contribution in [2.75, 3.05) is 13.1 Å². The van der Waals surface area contributed by atoms with E-state index in [1.54, 1.807) is 6.92 Å². The monoisotopic (exact) mass is 212 g/mol. The molecule has 1 saturated heterocycles. The van der Waals surface area contributed by atoms with Crippen molar-refractivity contribution in [3.8, 4) is 0 Å². The molecule has 0 radical (unpaired) electrons. The minimum absolute atomic E-state index is 0.111. The van der Waals surface area contributed by atoms with Crippen LogP contribution >= 0.6 is 0 Å². The van der Waals surface area contributed by atoms with Crippen LogP contribution in [0, 0.1) is 11.8 Å². The Morgan fingerprint density at radius 3 is 2.47 bits per heavy atom. The minimum atomic E-state index is -0.347. The van der Waals surface area contributed by atoms with Gasteiger partial charge in [0.1, 0.15) is 0 Å². The smallest absolute Gasteiger partial charge is 0.239 e. The largest absolute Gasteiger partial charge is 0.341 e. The molecule has 1 rings (SSSR count). The fourth-order valence-corrected chi connectivity index (χ4v) is 2.30. The quantitative estimate of drug-likeness (QED) is 0.756. The van der Waals surface area contributed by atoms with Gasteiger partial charge in [-0.25, -0.2) is 0 Å². The topological polar surface area (TPSA) is 46.3 Å². The molecule has 3 nitrogen and oxygen atoms in total. The molecule has 0 aromatic carbocycles. The van der Waals surface area contributed by atoms with Gasteiger partial charge in [0.15, 0.2) is 0 Å². The maximum Gasteiger partial charge on any atom is 0.239 e. The molecule has 1 aliphatic rings. The molecular weight excluding hydrogens is 188 g/mol. The van der Waals surface area contributed by atoms with Crippen LogP contribution in [0.5, 0.6) is 0 Å². The van der Waals surface area contributed by atoms with Gasteiger partial charge in [-0.15, -0.1) is 0 Å². The van der Waals surface area contributed by atoms with Crippen LogP contribution in [-0.2, 0) is 4.79 Å². The Morgan fingerprint density at radius 1 is 1.27 bits per heavy atom. The highest BCUT2D eigenvalue weighted by atomic mass is 16.2. The van der Waals surface area contributed by atoms with Crippen molar-refractivity contribution in [1.29, 1.82) is 0 Å². The second kappa shape index (κ2) is 5.50. The van der Waals surface area contributed by atoms with E-state index in [1.807, 2.05) is 4.90 Å². The van der Waals surface area contributed by atoms with Crippen LogP contribution in [0.25, 0.3) is 0 Å². The average molecular weight is 212 g/mol.